The number of sulfonamides is 1. The van der Waals surface area contributed by atoms with Crippen LogP contribution in [0.25, 0.3) is 0 Å². The van der Waals surface area contributed by atoms with E-state index in [0.717, 1.165) is 14.1 Å². The zero-order valence-electron chi connectivity index (χ0n) is 17.5. The molecule has 2 rings (SSSR count). The molecule has 0 saturated heterocycles. The highest BCUT2D eigenvalue weighted by Crippen LogP contribution is 2.20. The molecule has 0 unspecified atom stereocenters. The third-order valence-corrected chi connectivity index (χ3v) is 6.44. The quantitative estimate of drug-likeness (QED) is 0.478. The fourth-order valence-electron chi connectivity index (χ4n) is 2.91. The minimum Gasteiger partial charge on any atom is -0.355 e. The largest absolute Gasteiger partial charge is 0.355 e. The van der Waals surface area contributed by atoms with Crippen LogP contribution in [-0.4, -0.2) is 50.5 Å². The van der Waals surface area contributed by atoms with E-state index in [4.69, 9.17) is 0 Å². The molecule has 10 heteroatoms. The molecule has 0 heterocycles. The third kappa shape index (κ3) is 7.17. The van der Waals surface area contributed by atoms with Crippen molar-refractivity contribution in [3.63, 3.8) is 0 Å². The van der Waals surface area contributed by atoms with Gasteiger partial charge >= 0.3 is 0 Å². The summed E-state index contributed by atoms with van der Waals surface area (Å²) in [7, 11) is -3.76. The number of rotatable bonds is 9. The molecular formula is C21H25FIN3O4S. The van der Waals surface area contributed by atoms with E-state index >= 15 is 0 Å². The highest BCUT2D eigenvalue weighted by Gasteiger charge is 2.29. The molecule has 0 aliphatic carbocycles. The van der Waals surface area contributed by atoms with Crippen molar-refractivity contribution >= 4 is 50.1 Å². The molecule has 0 saturated carbocycles. The number of hydrogen-bond donors (Lipinski definition) is 1. The number of nitrogens with one attached hydrogen (secondary N) is 1. The van der Waals surface area contributed by atoms with Gasteiger partial charge in [-0.15, -0.1) is 0 Å². The average molecular weight is 561 g/mol. The minimum atomic E-state index is -3.76. The Balaban J connectivity index is 2.35. The summed E-state index contributed by atoms with van der Waals surface area (Å²) in [5.74, 6) is -1.33. The van der Waals surface area contributed by atoms with Crippen LogP contribution in [0.2, 0.25) is 0 Å². The van der Waals surface area contributed by atoms with Crippen molar-refractivity contribution in [1.82, 2.24) is 10.2 Å². The molecule has 1 atom stereocenters. The van der Waals surface area contributed by atoms with Gasteiger partial charge < -0.3 is 10.2 Å². The molecule has 0 radical (unpaired) electrons. The molecule has 1 N–H and O–H groups in total. The van der Waals surface area contributed by atoms with Gasteiger partial charge in [0.05, 0.1) is 11.9 Å². The number of benzene rings is 2. The van der Waals surface area contributed by atoms with Crippen LogP contribution >= 0.6 is 22.6 Å². The normalized spacial score (nSPS) is 12.2. The number of anilines is 1. The zero-order valence-corrected chi connectivity index (χ0v) is 20.5. The monoisotopic (exact) mass is 561 g/mol. The Labute approximate surface area is 195 Å². The van der Waals surface area contributed by atoms with Gasteiger partial charge in [-0.1, -0.05) is 12.1 Å². The second-order valence-electron chi connectivity index (χ2n) is 6.96. The van der Waals surface area contributed by atoms with Gasteiger partial charge in [-0.05, 0) is 78.4 Å². The summed E-state index contributed by atoms with van der Waals surface area (Å²) in [6, 6.07) is 11.4. The number of likely N-dealkylation sites (N-methyl/N-ethyl adjacent to an activating group) is 1. The smallest absolute Gasteiger partial charge is 0.244 e. The van der Waals surface area contributed by atoms with Gasteiger partial charge in [-0.2, -0.15) is 0 Å². The number of carbonyl (C=O) groups excluding carboxylic acids is 2. The summed E-state index contributed by atoms with van der Waals surface area (Å²) in [4.78, 5) is 26.9. The first-order valence-electron chi connectivity index (χ1n) is 9.57. The van der Waals surface area contributed by atoms with Crippen LogP contribution in [0.4, 0.5) is 10.1 Å². The Hall–Kier alpha value is -2.21. The maximum Gasteiger partial charge on any atom is 0.244 e. The van der Waals surface area contributed by atoms with Gasteiger partial charge in [0.15, 0.2) is 0 Å². The van der Waals surface area contributed by atoms with Crippen LogP contribution in [0.1, 0.15) is 19.4 Å². The summed E-state index contributed by atoms with van der Waals surface area (Å²) in [6.07, 6.45) is 1.02. The van der Waals surface area contributed by atoms with E-state index < -0.39 is 34.3 Å². The molecule has 168 valence electrons. The Kier molecular flexibility index (Phi) is 8.80. The van der Waals surface area contributed by atoms with Crippen molar-refractivity contribution in [3.8, 4) is 0 Å². The van der Waals surface area contributed by atoms with Crippen LogP contribution in [-0.2, 0) is 26.2 Å². The molecule has 2 amide bonds. The van der Waals surface area contributed by atoms with Gasteiger partial charge in [0, 0.05) is 16.7 Å². The average Bonchev–Trinajstić information content (AvgIpc) is 2.71. The van der Waals surface area contributed by atoms with Crippen molar-refractivity contribution in [3.05, 3.63) is 63.5 Å². The molecule has 0 fully saturated rings. The predicted molar refractivity (Wildman–Crippen MR) is 126 cm³/mol. The molecule has 7 nitrogen and oxygen atoms in total. The van der Waals surface area contributed by atoms with E-state index in [1.54, 1.807) is 38.1 Å². The lowest BCUT2D eigenvalue weighted by Gasteiger charge is -2.31. The first kappa shape index (κ1) is 25.1. The van der Waals surface area contributed by atoms with Crippen LogP contribution in [0.3, 0.4) is 0 Å². The molecule has 0 aromatic heterocycles. The van der Waals surface area contributed by atoms with Gasteiger partial charge in [0.1, 0.15) is 18.4 Å². The SMILES string of the molecule is CCNC(=O)[C@H](C)N(Cc1ccc(F)cc1)C(=O)CN(c1ccc(I)cc1)S(C)(=O)=O. The van der Waals surface area contributed by atoms with Gasteiger partial charge in [0.2, 0.25) is 21.8 Å². The lowest BCUT2D eigenvalue weighted by Crippen LogP contribution is -2.51. The van der Waals surface area contributed by atoms with Crippen molar-refractivity contribution in [2.24, 2.45) is 0 Å². The van der Waals surface area contributed by atoms with Crippen molar-refractivity contribution in [1.29, 1.82) is 0 Å². The molecule has 0 aliphatic heterocycles. The lowest BCUT2D eigenvalue weighted by atomic mass is 10.1. The summed E-state index contributed by atoms with van der Waals surface area (Å²) in [6.45, 7) is 3.28. The minimum absolute atomic E-state index is 0.0295. The summed E-state index contributed by atoms with van der Waals surface area (Å²) >= 11 is 2.10. The van der Waals surface area contributed by atoms with Crippen molar-refractivity contribution in [2.45, 2.75) is 26.4 Å². The van der Waals surface area contributed by atoms with E-state index in [0.29, 0.717) is 17.8 Å². The standard InChI is InChI=1S/C21H25FIN3O4S/c1-4-24-21(28)15(2)25(13-16-5-7-17(22)8-6-16)20(27)14-26(31(3,29)30)19-11-9-18(23)10-12-19/h5-12,15H,4,13-14H2,1-3H3,(H,24,28)/t15-/m0/s1. The Morgan fingerprint density at radius 3 is 2.19 bits per heavy atom. The second kappa shape index (κ2) is 10.9. The predicted octanol–water partition coefficient (Wildman–Crippen LogP) is 2.75. The molecule has 0 aliphatic rings. The highest BCUT2D eigenvalue weighted by molar-refractivity contribution is 14.1. The van der Waals surface area contributed by atoms with E-state index in [1.807, 2.05) is 0 Å². The summed E-state index contributed by atoms with van der Waals surface area (Å²) in [5.41, 5.74) is 0.967. The van der Waals surface area contributed by atoms with Crippen LogP contribution in [0.15, 0.2) is 48.5 Å². The summed E-state index contributed by atoms with van der Waals surface area (Å²) < 4.78 is 40.0. The number of carbonyl (C=O) groups is 2. The van der Waals surface area contributed by atoms with Crippen LogP contribution in [0.5, 0.6) is 0 Å². The number of halogens is 2. The maximum absolute atomic E-state index is 13.3. The Morgan fingerprint density at radius 2 is 1.68 bits per heavy atom. The van der Waals surface area contributed by atoms with Gasteiger partial charge in [-0.25, -0.2) is 12.8 Å². The first-order valence-corrected chi connectivity index (χ1v) is 12.5. The third-order valence-electron chi connectivity index (χ3n) is 4.58. The molecule has 2 aromatic rings. The number of nitrogens with zero attached hydrogens (tertiary/aromatic N) is 2. The van der Waals surface area contributed by atoms with E-state index in [-0.39, 0.29) is 12.5 Å². The van der Waals surface area contributed by atoms with E-state index in [9.17, 15) is 22.4 Å². The van der Waals surface area contributed by atoms with Crippen LogP contribution < -0.4 is 9.62 Å². The number of hydrogen-bond acceptors (Lipinski definition) is 4. The molecule has 0 spiro atoms. The Morgan fingerprint density at radius 1 is 1.10 bits per heavy atom. The fourth-order valence-corrected chi connectivity index (χ4v) is 4.12. The Bertz CT molecular complexity index is 1010. The van der Waals surface area contributed by atoms with E-state index in [2.05, 4.69) is 27.9 Å². The summed E-state index contributed by atoms with van der Waals surface area (Å²) in [5, 5.41) is 2.67. The van der Waals surface area contributed by atoms with Crippen LogP contribution in [0, 0.1) is 9.39 Å². The van der Waals surface area contributed by atoms with E-state index in [1.165, 1.54) is 29.2 Å². The second-order valence-corrected chi connectivity index (χ2v) is 10.1. The number of amides is 2. The first-order chi connectivity index (χ1) is 14.5. The lowest BCUT2D eigenvalue weighted by molar-refractivity contribution is -0.139. The molecule has 0 bridgehead atoms. The highest BCUT2D eigenvalue weighted by atomic mass is 127. The molecule has 2 aromatic carbocycles. The van der Waals surface area contributed by atoms with Crippen molar-refractivity contribution < 1.29 is 22.4 Å². The van der Waals surface area contributed by atoms with Crippen molar-refractivity contribution in [2.75, 3.05) is 23.7 Å². The maximum atomic E-state index is 13.3. The molecular weight excluding hydrogens is 536 g/mol. The fraction of sp³-hybridized carbons (Fsp3) is 0.333. The zero-order chi connectivity index (χ0) is 23.2. The molecule has 31 heavy (non-hydrogen) atoms. The van der Waals surface area contributed by atoms with Gasteiger partial charge in [0.25, 0.3) is 0 Å². The van der Waals surface area contributed by atoms with Gasteiger partial charge in [-0.3, -0.25) is 13.9 Å². The topological polar surface area (TPSA) is 86.8 Å².